The maximum Gasteiger partial charge on any atom is 0.307 e. The van der Waals surface area contributed by atoms with Crippen LogP contribution in [-0.4, -0.2) is 20.9 Å². The summed E-state index contributed by atoms with van der Waals surface area (Å²) in [5, 5.41) is 15.7. The lowest BCUT2D eigenvalue weighted by molar-refractivity contribution is -0.136. The maximum atomic E-state index is 14.7. The molecule has 0 saturated carbocycles. The van der Waals surface area contributed by atoms with E-state index in [4.69, 9.17) is 5.11 Å². The monoisotopic (exact) mass is 334 g/mol. The zero-order valence-corrected chi connectivity index (χ0v) is 13.5. The van der Waals surface area contributed by atoms with Crippen LogP contribution >= 0.6 is 0 Å². The van der Waals surface area contributed by atoms with Gasteiger partial charge in [-0.3, -0.25) is 9.48 Å². The molecule has 0 unspecified atom stereocenters. The molecule has 0 atom stereocenters. The van der Waals surface area contributed by atoms with E-state index in [0.29, 0.717) is 11.1 Å². The van der Waals surface area contributed by atoms with Crippen molar-refractivity contribution >= 4 is 27.6 Å². The van der Waals surface area contributed by atoms with Gasteiger partial charge in [0.2, 0.25) is 0 Å². The number of nitrogens with zero attached hydrogens (tertiary/aromatic N) is 2. The third-order valence-electron chi connectivity index (χ3n) is 4.48. The van der Waals surface area contributed by atoms with Crippen molar-refractivity contribution in [3.05, 3.63) is 66.1 Å². The van der Waals surface area contributed by atoms with Gasteiger partial charge in [-0.2, -0.15) is 5.10 Å². The number of carboxylic acids is 1. The van der Waals surface area contributed by atoms with E-state index in [-0.39, 0.29) is 12.2 Å². The van der Waals surface area contributed by atoms with Crippen molar-refractivity contribution in [1.29, 1.82) is 0 Å². The first-order valence-electron chi connectivity index (χ1n) is 7.88. The Hall–Kier alpha value is -3.21. The predicted molar refractivity (Wildman–Crippen MR) is 95.0 cm³/mol. The first-order valence-corrected chi connectivity index (χ1v) is 7.88. The molecule has 5 heteroatoms. The fraction of sp³-hybridized carbons (Fsp3) is 0.100. The fourth-order valence-corrected chi connectivity index (χ4v) is 3.31. The summed E-state index contributed by atoms with van der Waals surface area (Å²) in [6.07, 6.45) is 1.57. The number of carbonyl (C=O) groups is 1. The molecule has 1 N–H and O–H groups in total. The summed E-state index contributed by atoms with van der Waals surface area (Å²) >= 11 is 0. The lowest BCUT2D eigenvalue weighted by Gasteiger charge is -2.11. The van der Waals surface area contributed by atoms with Gasteiger partial charge in [-0.05, 0) is 34.0 Å². The van der Waals surface area contributed by atoms with E-state index in [1.807, 2.05) is 37.4 Å². The topological polar surface area (TPSA) is 55.1 Å². The molecule has 1 aromatic heterocycles. The summed E-state index contributed by atoms with van der Waals surface area (Å²) in [4.78, 5) is 11.1. The number of aryl methyl sites for hydroxylation is 1. The minimum absolute atomic E-state index is 0.0654. The van der Waals surface area contributed by atoms with Crippen LogP contribution in [0.3, 0.4) is 0 Å². The number of rotatable bonds is 3. The van der Waals surface area contributed by atoms with Crippen molar-refractivity contribution in [3.63, 3.8) is 0 Å². The Morgan fingerprint density at radius 3 is 2.68 bits per heavy atom. The third kappa shape index (κ3) is 2.54. The van der Waals surface area contributed by atoms with Crippen molar-refractivity contribution in [2.75, 3.05) is 0 Å². The van der Waals surface area contributed by atoms with Crippen molar-refractivity contribution in [1.82, 2.24) is 9.78 Å². The Morgan fingerprint density at radius 2 is 1.88 bits per heavy atom. The summed E-state index contributed by atoms with van der Waals surface area (Å²) in [7, 11) is 1.82. The molecule has 0 spiro atoms. The van der Waals surface area contributed by atoms with Crippen LogP contribution in [0, 0.1) is 5.82 Å². The van der Waals surface area contributed by atoms with E-state index in [1.165, 1.54) is 6.07 Å². The molecule has 0 saturated heterocycles. The molecule has 0 bridgehead atoms. The number of hydrogen-bond acceptors (Lipinski definition) is 2. The molecule has 1 heterocycles. The van der Waals surface area contributed by atoms with Crippen molar-refractivity contribution in [2.24, 2.45) is 7.05 Å². The van der Waals surface area contributed by atoms with Crippen LogP contribution in [0.15, 0.2) is 54.7 Å². The van der Waals surface area contributed by atoms with E-state index in [9.17, 15) is 9.18 Å². The second kappa shape index (κ2) is 5.70. The highest BCUT2D eigenvalue weighted by Crippen LogP contribution is 2.34. The molecule has 124 valence electrons. The van der Waals surface area contributed by atoms with E-state index in [1.54, 1.807) is 23.0 Å². The smallest absolute Gasteiger partial charge is 0.307 e. The highest BCUT2D eigenvalue weighted by atomic mass is 19.1. The third-order valence-corrected chi connectivity index (χ3v) is 4.48. The normalized spacial score (nSPS) is 11.3. The number of aromatic nitrogens is 2. The SMILES string of the molecule is Cn1ncc2cc(F)c(-c3cccc4c(CC(=O)O)cccc34)cc21. The lowest BCUT2D eigenvalue weighted by atomic mass is 9.94. The Morgan fingerprint density at radius 1 is 1.12 bits per heavy atom. The Balaban J connectivity index is 2.00. The van der Waals surface area contributed by atoms with Crippen molar-refractivity contribution in [2.45, 2.75) is 6.42 Å². The minimum atomic E-state index is -0.889. The Bertz CT molecular complexity index is 1130. The zero-order chi connectivity index (χ0) is 17.6. The minimum Gasteiger partial charge on any atom is -0.481 e. The van der Waals surface area contributed by atoms with Crippen molar-refractivity contribution in [3.8, 4) is 11.1 Å². The average Bonchev–Trinajstić information content (AvgIpc) is 2.94. The molecule has 0 aliphatic rings. The van der Waals surface area contributed by atoms with Gasteiger partial charge in [-0.1, -0.05) is 36.4 Å². The number of aliphatic carboxylic acids is 1. The van der Waals surface area contributed by atoms with Crippen LogP contribution < -0.4 is 0 Å². The van der Waals surface area contributed by atoms with Crippen molar-refractivity contribution < 1.29 is 14.3 Å². The van der Waals surface area contributed by atoms with E-state index >= 15 is 0 Å². The first-order chi connectivity index (χ1) is 12.0. The molecule has 0 amide bonds. The second-order valence-electron chi connectivity index (χ2n) is 6.05. The molecule has 25 heavy (non-hydrogen) atoms. The standard InChI is InChI=1S/C20H15FN2O2/c1-23-19-10-17(18(21)8-13(19)11-22-23)16-7-3-5-14-12(9-20(24)25)4-2-6-15(14)16/h2-8,10-11H,9H2,1H3,(H,24,25). The van der Waals surface area contributed by atoms with Gasteiger partial charge in [0.05, 0.1) is 18.1 Å². The molecule has 0 aliphatic heterocycles. The van der Waals surface area contributed by atoms with Gasteiger partial charge < -0.3 is 5.11 Å². The van der Waals surface area contributed by atoms with Crippen LogP contribution in [-0.2, 0) is 18.3 Å². The molecule has 4 aromatic rings. The van der Waals surface area contributed by atoms with E-state index in [2.05, 4.69) is 5.10 Å². The van der Waals surface area contributed by atoms with E-state index in [0.717, 1.165) is 27.2 Å². The van der Waals surface area contributed by atoms with Gasteiger partial charge in [-0.15, -0.1) is 0 Å². The Kier molecular flexibility index (Phi) is 3.50. The molecule has 3 aromatic carbocycles. The summed E-state index contributed by atoms with van der Waals surface area (Å²) in [5.41, 5.74) is 2.78. The van der Waals surface area contributed by atoms with E-state index < -0.39 is 5.97 Å². The number of halogens is 1. The van der Waals surface area contributed by atoms with Crippen LogP contribution in [0.4, 0.5) is 4.39 Å². The largest absolute Gasteiger partial charge is 0.481 e. The molecule has 0 aliphatic carbocycles. The van der Waals surface area contributed by atoms with Gasteiger partial charge in [0.25, 0.3) is 0 Å². The fourth-order valence-electron chi connectivity index (χ4n) is 3.31. The number of hydrogen-bond donors (Lipinski definition) is 1. The van der Waals surface area contributed by atoms with Gasteiger partial charge in [0, 0.05) is 18.0 Å². The van der Waals surface area contributed by atoms with Crippen LogP contribution in [0.5, 0.6) is 0 Å². The summed E-state index contributed by atoms with van der Waals surface area (Å²) in [6.45, 7) is 0. The lowest BCUT2D eigenvalue weighted by Crippen LogP contribution is -2.00. The molecular weight excluding hydrogens is 319 g/mol. The second-order valence-corrected chi connectivity index (χ2v) is 6.05. The molecule has 0 fully saturated rings. The molecular formula is C20H15FN2O2. The molecule has 4 rings (SSSR count). The predicted octanol–water partition coefficient (Wildman–Crippen LogP) is 4.16. The summed E-state index contributed by atoms with van der Waals surface area (Å²) in [5.74, 6) is -1.21. The van der Waals surface area contributed by atoms with Gasteiger partial charge in [0.15, 0.2) is 0 Å². The highest BCUT2D eigenvalue weighted by Gasteiger charge is 2.14. The zero-order valence-electron chi connectivity index (χ0n) is 13.5. The van der Waals surface area contributed by atoms with Crippen LogP contribution in [0.1, 0.15) is 5.56 Å². The number of fused-ring (bicyclic) bond motifs is 2. The summed E-state index contributed by atoms with van der Waals surface area (Å²) < 4.78 is 16.4. The van der Waals surface area contributed by atoms with Gasteiger partial charge >= 0.3 is 5.97 Å². The van der Waals surface area contributed by atoms with Crippen LogP contribution in [0.2, 0.25) is 0 Å². The highest BCUT2D eigenvalue weighted by molar-refractivity contribution is 6.01. The molecule has 4 nitrogen and oxygen atoms in total. The quantitative estimate of drug-likeness (QED) is 0.612. The summed E-state index contributed by atoms with van der Waals surface area (Å²) in [6, 6.07) is 14.3. The van der Waals surface area contributed by atoms with Gasteiger partial charge in [-0.25, -0.2) is 4.39 Å². The first kappa shape index (κ1) is 15.3. The number of carboxylic acid groups (broad SMARTS) is 1. The Labute approximate surface area is 143 Å². The number of benzene rings is 3. The van der Waals surface area contributed by atoms with Gasteiger partial charge in [0.1, 0.15) is 5.82 Å². The molecule has 0 radical (unpaired) electrons. The maximum absolute atomic E-state index is 14.7. The average molecular weight is 334 g/mol. The van der Waals surface area contributed by atoms with Crippen LogP contribution in [0.25, 0.3) is 32.8 Å².